The first-order valence-corrected chi connectivity index (χ1v) is 12.7. The van der Waals surface area contributed by atoms with Gasteiger partial charge in [-0.25, -0.2) is 0 Å². The zero-order chi connectivity index (χ0) is 25.7. The Kier molecular flexibility index (Phi) is 8.89. The molecule has 0 spiro atoms. The highest BCUT2D eigenvalue weighted by Gasteiger charge is 2.35. The zero-order valence-corrected chi connectivity index (χ0v) is 21.7. The van der Waals surface area contributed by atoms with E-state index in [1.54, 1.807) is 30.3 Å². The lowest BCUT2D eigenvalue weighted by Gasteiger charge is -2.18. The number of ketones is 1. The number of rotatable bonds is 9. The highest BCUT2D eigenvalue weighted by molar-refractivity contribution is 8.26. The average Bonchev–Trinajstić information content (AvgIpc) is 3.07. The molecule has 0 radical (unpaired) electrons. The number of benzene rings is 1. The average molecular weight is 530 g/mol. The van der Waals surface area contributed by atoms with Gasteiger partial charge in [0.15, 0.2) is 5.78 Å². The van der Waals surface area contributed by atoms with Crippen molar-refractivity contribution in [2.45, 2.75) is 46.1 Å². The molecule has 3 rings (SSSR count). The summed E-state index contributed by atoms with van der Waals surface area (Å²) in [5.41, 5.74) is -0.135. The van der Waals surface area contributed by atoms with Gasteiger partial charge in [0.05, 0.1) is 17.0 Å². The SMILES string of the molecule is CCCCCCn1c(O)c(C(=O)CN2C(=O)/C(=C/c3ccc(Cl)cc3)SC2=S)c(C)c(C#N)c1=O. The van der Waals surface area contributed by atoms with Gasteiger partial charge in [0, 0.05) is 11.6 Å². The van der Waals surface area contributed by atoms with Crippen LogP contribution in [0.4, 0.5) is 0 Å². The van der Waals surface area contributed by atoms with Gasteiger partial charge in [-0.2, -0.15) is 5.26 Å². The van der Waals surface area contributed by atoms with Crippen LogP contribution in [0.3, 0.4) is 0 Å². The van der Waals surface area contributed by atoms with Gasteiger partial charge in [0.1, 0.15) is 16.0 Å². The fourth-order valence-corrected chi connectivity index (χ4v) is 5.14. The number of pyridine rings is 1. The molecule has 0 saturated carbocycles. The van der Waals surface area contributed by atoms with Gasteiger partial charge in [-0.05, 0) is 42.7 Å². The Balaban J connectivity index is 1.89. The molecule has 2 heterocycles. The highest BCUT2D eigenvalue weighted by Crippen LogP contribution is 2.33. The number of aromatic hydroxyl groups is 1. The van der Waals surface area contributed by atoms with Crippen LogP contribution in [0.2, 0.25) is 5.02 Å². The molecule has 0 bridgehead atoms. The van der Waals surface area contributed by atoms with E-state index in [2.05, 4.69) is 6.92 Å². The highest BCUT2D eigenvalue weighted by atomic mass is 35.5. The largest absolute Gasteiger partial charge is 0.494 e. The summed E-state index contributed by atoms with van der Waals surface area (Å²) in [6.07, 6.45) is 5.09. The molecule has 0 unspecified atom stereocenters. The number of unbranched alkanes of at least 4 members (excludes halogenated alkanes) is 3. The molecule has 1 aromatic carbocycles. The summed E-state index contributed by atoms with van der Waals surface area (Å²) < 4.78 is 1.27. The third-order valence-electron chi connectivity index (χ3n) is 5.66. The van der Waals surface area contributed by atoms with E-state index >= 15 is 0 Å². The summed E-state index contributed by atoms with van der Waals surface area (Å²) in [7, 11) is 0. The fourth-order valence-electron chi connectivity index (χ4n) is 3.76. The smallest absolute Gasteiger partial charge is 0.271 e. The molecule has 1 aromatic heterocycles. The minimum atomic E-state index is -0.632. The van der Waals surface area contributed by atoms with E-state index in [1.165, 1.54) is 6.92 Å². The van der Waals surface area contributed by atoms with E-state index in [9.17, 15) is 24.8 Å². The maximum Gasteiger partial charge on any atom is 0.271 e. The van der Waals surface area contributed by atoms with Crippen LogP contribution >= 0.6 is 35.6 Å². The van der Waals surface area contributed by atoms with E-state index in [4.69, 9.17) is 23.8 Å². The summed E-state index contributed by atoms with van der Waals surface area (Å²) in [6, 6.07) is 8.77. The Hall–Kier alpha value is -2.93. The topological polar surface area (TPSA) is 103 Å². The van der Waals surface area contributed by atoms with Crippen LogP contribution in [0.25, 0.3) is 6.08 Å². The number of thioether (sulfide) groups is 1. The number of hydrogen-bond donors (Lipinski definition) is 1. The molecule has 10 heteroatoms. The fraction of sp³-hybridized carbons (Fsp3) is 0.320. The molecule has 1 aliphatic rings. The molecular weight excluding hydrogens is 506 g/mol. The molecule has 35 heavy (non-hydrogen) atoms. The number of halogens is 1. The second-order valence-electron chi connectivity index (χ2n) is 8.07. The van der Waals surface area contributed by atoms with Crippen LogP contribution in [0, 0.1) is 18.3 Å². The summed E-state index contributed by atoms with van der Waals surface area (Å²) in [5.74, 6) is -1.54. The monoisotopic (exact) mass is 529 g/mol. The minimum absolute atomic E-state index is 0.0898. The zero-order valence-electron chi connectivity index (χ0n) is 19.3. The molecule has 0 atom stereocenters. The first kappa shape index (κ1) is 26.7. The van der Waals surface area contributed by atoms with Crippen molar-refractivity contribution in [3.8, 4) is 11.9 Å². The van der Waals surface area contributed by atoms with E-state index in [-0.39, 0.29) is 27.6 Å². The molecule has 1 aliphatic heterocycles. The van der Waals surface area contributed by atoms with Gasteiger partial charge < -0.3 is 5.11 Å². The Morgan fingerprint density at radius 3 is 2.54 bits per heavy atom. The lowest BCUT2D eigenvalue weighted by molar-refractivity contribution is -0.121. The molecule has 7 nitrogen and oxygen atoms in total. The second kappa shape index (κ2) is 11.7. The Morgan fingerprint density at radius 2 is 1.91 bits per heavy atom. The predicted molar refractivity (Wildman–Crippen MR) is 142 cm³/mol. The van der Waals surface area contributed by atoms with Gasteiger partial charge in [0.2, 0.25) is 5.88 Å². The molecule has 1 amide bonds. The first-order valence-electron chi connectivity index (χ1n) is 11.1. The number of carbonyl (C=O) groups excluding carboxylic acids is 2. The van der Waals surface area contributed by atoms with Crippen molar-refractivity contribution in [2.24, 2.45) is 0 Å². The molecule has 0 aliphatic carbocycles. The normalized spacial score (nSPS) is 14.6. The van der Waals surface area contributed by atoms with Gasteiger partial charge in [0.25, 0.3) is 11.5 Å². The van der Waals surface area contributed by atoms with Crippen molar-refractivity contribution in [3.05, 3.63) is 66.8 Å². The lowest BCUT2D eigenvalue weighted by Crippen LogP contribution is -2.35. The molecule has 182 valence electrons. The third kappa shape index (κ3) is 5.84. The van der Waals surface area contributed by atoms with E-state index in [1.807, 2.05) is 6.07 Å². The van der Waals surface area contributed by atoms with Crippen LogP contribution in [0.5, 0.6) is 5.88 Å². The standard InChI is InChI=1S/C25H24ClN3O4S2/c1-3-4-5-6-11-28-22(31)18(13-27)15(2)21(24(28)33)19(30)14-29-23(32)20(35-25(29)34)12-16-7-9-17(26)10-8-16/h7-10,12,33H,3-6,11,14H2,1-2H3/b20-12-. The van der Waals surface area contributed by atoms with Crippen molar-refractivity contribution in [2.75, 3.05) is 6.54 Å². The van der Waals surface area contributed by atoms with Crippen molar-refractivity contribution in [1.29, 1.82) is 5.26 Å². The molecule has 1 N–H and O–H groups in total. The summed E-state index contributed by atoms with van der Waals surface area (Å²) in [4.78, 5) is 40.5. The maximum absolute atomic E-state index is 13.3. The number of hydrogen-bond acceptors (Lipinski definition) is 7. The lowest BCUT2D eigenvalue weighted by atomic mass is 10.0. The molecular formula is C25H24ClN3O4S2. The van der Waals surface area contributed by atoms with Crippen molar-refractivity contribution in [3.63, 3.8) is 0 Å². The molecule has 1 fully saturated rings. The minimum Gasteiger partial charge on any atom is -0.494 e. The van der Waals surface area contributed by atoms with Crippen LogP contribution in [0.1, 0.15) is 59.7 Å². The van der Waals surface area contributed by atoms with Crippen molar-refractivity contribution >= 4 is 57.7 Å². The number of Topliss-reactive ketones (excluding diaryl/α,β-unsaturated/α-hetero) is 1. The summed E-state index contributed by atoms with van der Waals surface area (Å²) in [5, 5.41) is 20.9. The Bertz CT molecular complexity index is 1310. The van der Waals surface area contributed by atoms with Crippen LogP contribution < -0.4 is 5.56 Å². The Labute approximate surface area is 218 Å². The number of nitriles is 1. The third-order valence-corrected chi connectivity index (χ3v) is 7.29. The van der Waals surface area contributed by atoms with E-state index < -0.39 is 29.7 Å². The number of aromatic nitrogens is 1. The van der Waals surface area contributed by atoms with Gasteiger partial charge in [-0.3, -0.25) is 23.9 Å². The number of nitrogens with zero attached hydrogens (tertiary/aromatic N) is 3. The summed E-state index contributed by atoms with van der Waals surface area (Å²) >= 11 is 12.3. The van der Waals surface area contributed by atoms with Gasteiger partial charge in [-0.1, -0.05) is 73.9 Å². The molecule has 2 aromatic rings. The summed E-state index contributed by atoms with van der Waals surface area (Å²) in [6.45, 7) is 3.26. The van der Waals surface area contributed by atoms with E-state index in [0.717, 1.165) is 46.1 Å². The first-order chi connectivity index (χ1) is 16.7. The van der Waals surface area contributed by atoms with Gasteiger partial charge >= 0.3 is 0 Å². The van der Waals surface area contributed by atoms with Gasteiger partial charge in [-0.15, -0.1) is 0 Å². The predicted octanol–water partition coefficient (Wildman–Crippen LogP) is 5.05. The number of amides is 1. The van der Waals surface area contributed by atoms with Crippen LogP contribution in [-0.2, 0) is 11.3 Å². The number of carbonyl (C=O) groups is 2. The van der Waals surface area contributed by atoms with Crippen molar-refractivity contribution < 1.29 is 14.7 Å². The second-order valence-corrected chi connectivity index (χ2v) is 10.2. The number of thiocarbonyl (C=S) groups is 1. The maximum atomic E-state index is 13.3. The quantitative estimate of drug-likeness (QED) is 0.210. The van der Waals surface area contributed by atoms with Crippen LogP contribution in [0.15, 0.2) is 34.0 Å². The van der Waals surface area contributed by atoms with E-state index in [0.29, 0.717) is 16.3 Å². The molecule has 1 saturated heterocycles. The van der Waals surface area contributed by atoms with Crippen LogP contribution in [-0.4, -0.2) is 37.1 Å². The Morgan fingerprint density at radius 1 is 1.23 bits per heavy atom. The van der Waals surface area contributed by atoms with Crippen molar-refractivity contribution in [1.82, 2.24) is 9.47 Å².